The largest absolute Gasteiger partial charge is 0.490 e. The quantitative estimate of drug-likeness (QED) is 0.824. The van der Waals surface area contributed by atoms with Crippen LogP contribution in [0.1, 0.15) is 28.8 Å². The van der Waals surface area contributed by atoms with Crippen molar-refractivity contribution in [2.75, 3.05) is 32.8 Å². The smallest absolute Gasteiger partial charge is 0.251 e. The summed E-state index contributed by atoms with van der Waals surface area (Å²) in [4.78, 5) is 15.2. The van der Waals surface area contributed by atoms with Gasteiger partial charge < -0.3 is 24.4 Å². The van der Waals surface area contributed by atoms with Gasteiger partial charge in [-0.3, -0.25) is 4.79 Å². The van der Waals surface area contributed by atoms with Crippen LogP contribution in [0.2, 0.25) is 0 Å². The topological polar surface area (TPSA) is 60.0 Å². The van der Waals surface area contributed by atoms with Crippen molar-refractivity contribution in [3.63, 3.8) is 0 Å². The molecule has 2 saturated heterocycles. The van der Waals surface area contributed by atoms with Crippen LogP contribution in [0.15, 0.2) is 42.5 Å². The molecule has 0 radical (unpaired) electrons. The number of rotatable bonds is 5. The lowest BCUT2D eigenvalue weighted by molar-refractivity contribution is 0.0534. The zero-order valence-electron chi connectivity index (χ0n) is 17.3. The number of benzene rings is 2. The second-order valence-corrected chi connectivity index (χ2v) is 8.66. The number of carbonyl (C=O) groups is 1. The molecule has 3 aliphatic rings. The summed E-state index contributed by atoms with van der Waals surface area (Å²) in [7, 11) is 0. The molecule has 158 valence electrons. The van der Waals surface area contributed by atoms with Crippen molar-refractivity contribution in [2.24, 2.45) is 5.92 Å². The maximum absolute atomic E-state index is 12.7. The fourth-order valence-electron chi connectivity index (χ4n) is 4.59. The lowest BCUT2D eigenvalue weighted by Gasteiger charge is -2.30. The minimum atomic E-state index is -0.190. The first-order valence-electron chi connectivity index (χ1n) is 10.8. The Morgan fingerprint density at radius 1 is 1.17 bits per heavy atom. The van der Waals surface area contributed by atoms with Crippen LogP contribution in [-0.2, 0) is 0 Å². The number of aryl methyl sites for hydroxylation is 1. The highest BCUT2D eigenvalue weighted by atomic mass is 16.6. The molecule has 4 atom stereocenters. The van der Waals surface area contributed by atoms with Crippen molar-refractivity contribution in [1.29, 1.82) is 0 Å². The lowest BCUT2D eigenvalue weighted by Crippen LogP contribution is -2.47. The number of fused-ring (bicyclic) bond motifs is 3. The third-order valence-corrected chi connectivity index (χ3v) is 6.18. The zero-order chi connectivity index (χ0) is 20.5. The van der Waals surface area contributed by atoms with Crippen LogP contribution in [0, 0.1) is 12.8 Å². The van der Waals surface area contributed by atoms with E-state index in [1.165, 1.54) is 18.5 Å². The third kappa shape index (κ3) is 4.24. The average Bonchev–Trinajstić information content (AvgIpc) is 3.10. The van der Waals surface area contributed by atoms with Gasteiger partial charge in [-0.2, -0.15) is 0 Å². The number of piperidine rings is 1. The number of nitrogens with zero attached hydrogens (tertiary/aromatic N) is 1. The number of ether oxygens (including phenoxy) is 3. The van der Waals surface area contributed by atoms with Crippen molar-refractivity contribution in [2.45, 2.75) is 31.9 Å². The van der Waals surface area contributed by atoms with E-state index in [-0.39, 0.29) is 18.1 Å². The second kappa shape index (κ2) is 8.19. The van der Waals surface area contributed by atoms with Gasteiger partial charge in [-0.05, 0) is 62.6 Å². The highest BCUT2D eigenvalue weighted by Gasteiger charge is 2.33. The maximum Gasteiger partial charge on any atom is 0.251 e. The standard InChI is InChI=1S/C24H28N2O4/c1-16-2-5-20(6-3-16)28-14-21-15-29-23-11-18(4-7-22(23)30-21)24(27)25-19-10-17-8-9-26(12-17)13-19/h2-7,11,17,19,21H,8-10,12-15H2,1H3,(H,25,27)/t17-,19-,21+/m1/s1. The fraction of sp³-hybridized carbons (Fsp3) is 0.458. The van der Waals surface area contributed by atoms with Gasteiger partial charge in [0, 0.05) is 24.7 Å². The molecule has 30 heavy (non-hydrogen) atoms. The normalized spacial score (nSPS) is 26.8. The van der Waals surface area contributed by atoms with E-state index in [0.29, 0.717) is 30.3 Å². The van der Waals surface area contributed by atoms with Gasteiger partial charge in [-0.1, -0.05) is 17.7 Å². The molecule has 3 heterocycles. The molecule has 6 nitrogen and oxygen atoms in total. The van der Waals surface area contributed by atoms with Gasteiger partial charge >= 0.3 is 0 Å². The second-order valence-electron chi connectivity index (χ2n) is 8.66. The van der Waals surface area contributed by atoms with E-state index in [9.17, 15) is 4.79 Å². The number of carbonyl (C=O) groups excluding carboxylic acids is 1. The van der Waals surface area contributed by atoms with Gasteiger partial charge in [-0.15, -0.1) is 0 Å². The van der Waals surface area contributed by atoms with E-state index in [4.69, 9.17) is 14.2 Å². The summed E-state index contributed by atoms with van der Waals surface area (Å²) in [6.07, 6.45) is 2.14. The predicted octanol–water partition coefficient (Wildman–Crippen LogP) is 3.04. The Balaban J connectivity index is 1.17. The molecule has 0 saturated carbocycles. The monoisotopic (exact) mass is 408 g/mol. The molecule has 3 aliphatic heterocycles. The molecule has 0 spiro atoms. The van der Waals surface area contributed by atoms with Crippen LogP contribution in [-0.4, -0.2) is 55.8 Å². The first-order valence-corrected chi connectivity index (χ1v) is 10.8. The first kappa shape index (κ1) is 19.2. The van der Waals surface area contributed by atoms with Crippen molar-refractivity contribution >= 4 is 5.91 Å². The van der Waals surface area contributed by atoms with Crippen LogP contribution in [0.25, 0.3) is 0 Å². The molecule has 2 aromatic rings. The van der Waals surface area contributed by atoms with Crippen LogP contribution < -0.4 is 19.5 Å². The minimum Gasteiger partial charge on any atom is -0.490 e. The van der Waals surface area contributed by atoms with E-state index in [1.807, 2.05) is 37.3 Å². The molecule has 2 bridgehead atoms. The van der Waals surface area contributed by atoms with E-state index >= 15 is 0 Å². The summed E-state index contributed by atoms with van der Waals surface area (Å²) in [5, 5.41) is 3.20. The summed E-state index contributed by atoms with van der Waals surface area (Å²) in [5.74, 6) is 2.76. The van der Waals surface area contributed by atoms with Gasteiger partial charge in [0.1, 0.15) is 19.0 Å². The summed E-state index contributed by atoms with van der Waals surface area (Å²) in [6, 6.07) is 13.6. The van der Waals surface area contributed by atoms with Gasteiger partial charge in [-0.25, -0.2) is 0 Å². The maximum atomic E-state index is 12.7. The molecule has 2 aromatic carbocycles. The number of nitrogens with one attached hydrogen (secondary N) is 1. The molecule has 1 amide bonds. The molecule has 5 rings (SSSR count). The van der Waals surface area contributed by atoms with Crippen LogP contribution >= 0.6 is 0 Å². The van der Waals surface area contributed by atoms with Crippen molar-refractivity contribution in [1.82, 2.24) is 10.2 Å². The van der Waals surface area contributed by atoms with Gasteiger partial charge in [0.25, 0.3) is 5.91 Å². The van der Waals surface area contributed by atoms with E-state index < -0.39 is 0 Å². The van der Waals surface area contributed by atoms with E-state index in [2.05, 4.69) is 10.2 Å². The average molecular weight is 408 g/mol. The van der Waals surface area contributed by atoms with Crippen LogP contribution in [0.4, 0.5) is 0 Å². The summed E-state index contributed by atoms with van der Waals surface area (Å²) >= 11 is 0. The molecular formula is C24H28N2O4. The molecular weight excluding hydrogens is 380 g/mol. The van der Waals surface area contributed by atoms with Crippen molar-refractivity contribution in [3.05, 3.63) is 53.6 Å². The summed E-state index contributed by atoms with van der Waals surface area (Å²) in [5.41, 5.74) is 1.81. The Bertz CT molecular complexity index is 902. The highest BCUT2D eigenvalue weighted by molar-refractivity contribution is 5.95. The molecule has 0 aliphatic carbocycles. The third-order valence-electron chi connectivity index (χ3n) is 6.18. The van der Waals surface area contributed by atoms with Crippen LogP contribution in [0.3, 0.4) is 0 Å². The Morgan fingerprint density at radius 3 is 2.87 bits per heavy atom. The highest BCUT2D eigenvalue weighted by Crippen LogP contribution is 2.33. The lowest BCUT2D eigenvalue weighted by atomic mass is 9.96. The first-order chi connectivity index (χ1) is 14.6. The Morgan fingerprint density at radius 2 is 2.03 bits per heavy atom. The number of amides is 1. The van der Waals surface area contributed by atoms with Gasteiger partial charge in [0.2, 0.25) is 0 Å². The molecule has 1 unspecified atom stereocenters. The van der Waals surface area contributed by atoms with Crippen LogP contribution in [0.5, 0.6) is 17.2 Å². The molecule has 1 N–H and O–H groups in total. The fourth-order valence-corrected chi connectivity index (χ4v) is 4.59. The number of hydrogen-bond acceptors (Lipinski definition) is 5. The van der Waals surface area contributed by atoms with Gasteiger partial charge in [0.05, 0.1) is 0 Å². The Kier molecular flexibility index (Phi) is 5.25. The molecule has 0 aromatic heterocycles. The zero-order valence-corrected chi connectivity index (χ0v) is 17.3. The minimum absolute atomic E-state index is 0.0428. The summed E-state index contributed by atoms with van der Waals surface area (Å²) < 4.78 is 17.7. The van der Waals surface area contributed by atoms with Crippen molar-refractivity contribution in [3.8, 4) is 17.2 Å². The molecule has 6 heteroatoms. The Labute approximate surface area is 177 Å². The summed E-state index contributed by atoms with van der Waals surface area (Å²) in [6.45, 7) is 6.15. The van der Waals surface area contributed by atoms with Gasteiger partial charge in [0.15, 0.2) is 17.6 Å². The predicted molar refractivity (Wildman–Crippen MR) is 113 cm³/mol. The van der Waals surface area contributed by atoms with Crippen molar-refractivity contribution < 1.29 is 19.0 Å². The molecule has 2 fully saturated rings. The van der Waals surface area contributed by atoms with E-state index in [1.54, 1.807) is 12.1 Å². The Hall–Kier alpha value is -2.73. The van der Waals surface area contributed by atoms with E-state index in [0.717, 1.165) is 31.2 Å². The number of hydrogen-bond donors (Lipinski definition) is 1. The SMILES string of the molecule is Cc1ccc(OC[C@H]2COc3cc(C(=O)N[C@@H]4C[C@H]5CCN(C5)C4)ccc3O2)cc1.